The molecule has 1 heterocycles. The first-order valence-corrected chi connectivity index (χ1v) is 5.83. The van der Waals surface area contributed by atoms with Gasteiger partial charge in [0.2, 0.25) is 0 Å². The minimum atomic E-state index is -0.666. The predicted octanol–water partition coefficient (Wildman–Crippen LogP) is 0.630. The van der Waals surface area contributed by atoms with Crippen LogP contribution in [0.4, 0.5) is 0 Å². The molecule has 1 aliphatic carbocycles. The summed E-state index contributed by atoms with van der Waals surface area (Å²) in [7, 11) is 2.09. The second-order valence-corrected chi connectivity index (χ2v) is 4.84. The van der Waals surface area contributed by atoms with Crippen molar-refractivity contribution in [3.05, 3.63) is 0 Å². The van der Waals surface area contributed by atoms with Crippen molar-refractivity contribution in [3.63, 3.8) is 0 Å². The Morgan fingerprint density at radius 3 is 2.73 bits per heavy atom. The molecule has 0 aromatic heterocycles. The molecule has 1 saturated carbocycles. The van der Waals surface area contributed by atoms with E-state index in [0.717, 1.165) is 19.6 Å². The molecule has 0 amide bonds. The normalized spacial score (nSPS) is 30.1. The Labute approximate surface area is 90.9 Å². The zero-order valence-electron chi connectivity index (χ0n) is 9.35. The van der Waals surface area contributed by atoms with Gasteiger partial charge in [0.1, 0.15) is 0 Å². The van der Waals surface area contributed by atoms with Gasteiger partial charge in [0.15, 0.2) is 0 Å². The monoisotopic (exact) mass is 212 g/mol. The molecule has 0 aromatic rings. The third kappa shape index (κ3) is 2.92. The molecule has 1 unspecified atom stereocenters. The molecule has 86 valence electrons. The molecule has 4 nitrogen and oxygen atoms in total. The fraction of sp³-hybridized carbons (Fsp3) is 0.909. The van der Waals surface area contributed by atoms with E-state index < -0.39 is 5.97 Å². The fourth-order valence-electron chi connectivity index (χ4n) is 2.53. The number of likely N-dealkylation sites (N-methyl/N-ethyl adjacent to an activating group) is 1. The molecule has 2 fully saturated rings. The number of carboxylic acid groups (broad SMARTS) is 1. The molecule has 0 bridgehead atoms. The summed E-state index contributed by atoms with van der Waals surface area (Å²) in [5.41, 5.74) is 0. The number of hydrogen-bond donors (Lipinski definition) is 1. The van der Waals surface area contributed by atoms with Gasteiger partial charge >= 0.3 is 5.97 Å². The van der Waals surface area contributed by atoms with E-state index in [1.54, 1.807) is 0 Å². The van der Waals surface area contributed by atoms with Gasteiger partial charge in [-0.15, -0.1) is 0 Å². The van der Waals surface area contributed by atoms with E-state index in [2.05, 4.69) is 16.8 Å². The maximum Gasteiger partial charge on any atom is 0.304 e. The predicted molar refractivity (Wildman–Crippen MR) is 57.9 cm³/mol. The lowest BCUT2D eigenvalue weighted by atomic mass is 10.1. The lowest BCUT2D eigenvalue weighted by Crippen LogP contribution is -2.42. The second kappa shape index (κ2) is 4.49. The molecule has 0 spiro atoms. The average molecular weight is 212 g/mol. The minimum Gasteiger partial charge on any atom is -0.481 e. The van der Waals surface area contributed by atoms with Crippen LogP contribution in [0, 0.1) is 0 Å². The van der Waals surface area contributed by atoms with Crippen LogP contribution in [-0.4, -0.2) is 59.6 Å². The molecule has 2 aliphatic rings. The fourth-order valence-corrected chi connectivity index (χ4v) is 2.53. The van der Waals surface area contributed by atoms with Gasteiger partial charge in [-0.3, -0.25) is 9.69 Å². The molecule has 15 heavy (non-hydrogen) atoms. The van der Waals surface area contributed by atoms with Crippen molar-refractivity contribution in [2.24, 2.45) is 0 Å². The van der Waals surface area contributed by atoms with Crippen LogP contribution in [0.3, 0.4) is 0 Å². The Bertz CT molecular complexity index is 241. The summed E-state index contributed by atoms with van der Waals surface area (Å²) in [4.78, 5) is 15.5. The quantitative estimate of drug-likeness (QED) is 0.745. The second-order valence-electron chi connectivity index (χ2n) is 4.84. The highest BCUT2D eigenvalue weighted by Gasteiger charge is 2.36. The molecule has 0 aromatic carbocycles. The smallest absolute Gasteiger partial charge is 0.304 e. The minimum absolute atomic E-state index is 0.225. The summed E-state index contributed by atoms with van der Waals surface area (Å²) in [6.07, 6.45) is 3.99. The Morgan fingerprint density at radius 1 is 1.40 bits per heavy atom. The van der Waals surface area contributed by atoms with Crippen molar-refractivity contribution < 1.29 is 9.90 Å². The van der Waals surface area contributed by atoms with Crippen molar-refractivity contribution in [3.8, 4) is 0 Å². The summed E-state index contributed by atoms with van der Waals surface area (Å²) < 4.78 is 0. The Kier molecular flexibility index (Phi) is 3.26. The number of hydrogen-bond acceptors (Lipinski definition) is 3. The van der Waals surface area contributed by atoms with Crippen LogP contribution in [0.15, 0.2) is 0 Å². The van der Waals surface area contributed by atoms with Crippen molar-refractivity contribution in [1.82, 2.24) is 9.80 Å². The molecule has 1 saturated heterocycles. The summed E-state index contributed by atoms with van der Waals surface area (Å²) in [5.74, 6) is -0.666. The maximum atomic E-state index is 10.8. The number of carbonyl (C=O) groups is 1. The molecule has 4 heteroatoms. The van der Waals surface area contributed by atoms with Gasteiger partial charge in [-0.05, 0) is 32.9 Å². The highest BCUT2D eigenvalue weighted by molar-refractivity contribution is 5.67. The van der Waals surface area contributed by atoms with Crippen LogP contribution in [0.2, 0.25) is 0 Å². The summed E-state index contributed by atoms with van der Waals surface area (Å²) in [6.45, 7) is 3.08. The third-order valence-corrected chi connectivity index (χ3v) is 3.37. The van der Waals surface area contributed by atoms with Crippen LogP contribution in [0.25, 0.3) is 0 Å². The topological polar surface area (TPSA) is 43.8 Å². The van der Waals surface area contributed by atoms with Crippen molar-refractivity contribution >= 4 is 5.97 Å². The van der Waals surface area contributed by atoms with Crippen molar-refractivity contribution in [2.75, 3.05) is 26.7 Å². The Balaban J connectivity index is 2.00. The SMILES string of the molecule is CN1CCCN(C2CC2)C(CC(=O)O)C1. The summed E-state index contributed by atoms with van der Waals surface area (Å²) >= 11 is 0. The van der Waals surface area contributed by atoms with Gasteiger partial charge in [-0.25, -0.2) is 0 Å². The highest BCUT2D eigenvalue weighted by Crippen LogP contribution is 2.30. The number of carboxylic acids is 1. The van der Waals surface area contributed by atoms with E-state index in [9.17, 15) is 4.79 Å². The van der Waals surface area contributed by atoms with E-state index in [0.29, 0.717) is 12.5 Å². The van der Waals surface area contributed by atoms with Crippen molar-refractivity contribution in [1.29, 1.82) is 0 Å². The molecule has 1 aliphatic heterocycles. The molecule has 0 radical (unpaired) electrons. The van der Waals surface area contributed by atoms with Gasteiger partial charge in [0, 0.05) is 25.2 Å². The Morgan fingerprint density at radius 2 is 2.13 bits per heavy atom. The third-order valence-electron chi connectivity index (χ3n) is 3.37. The van der Waals surface area contributed by atoms with E-state index in [1.807, 2.05) is 0 Å². The zero-order chi connectivity index (χ0) is 10.8. The number of aliphatic carboxylic acids is 1. The first kappa shape index (κ1) is 10.9. The van der Waals surface area contributed by atoms with Gasteiger partial charge in [-0.2, -0.15) is 0 Å². The van der Waals surface area contributed by atoms with Gasteiger partial charge in [0.25, 0.3) is 0 Å². The molecular weight excluding hydrogens is 192 g/mol. The number of rotatable bonds is 3. The average Bonchev–Trinajstić information content (AvgIpc) is 2.91. The van der Waals surface area contributed by atoms with Crippen LogP contribution >= 0.6 is 0 Å². The van der Waals surface area contributed by atoms with Crippen LogP contribution in [-0.2, 0) is 4.79 Å². The molecule has 1 atom stereocenters. The summed E-state index contributed by atoms with van der Waals surface area (Å²) in [6, 6.07) is 0.906. The summed E-state index contributed by atoms with van der Waals surface area (Å²) in [5, 5.41) is 8.92. The maximum absolute atomic E-state index is 10.8. The molecule has 1 N–H and O–H groups in total. The van der Waals surface area contributed by atoms with E-state index in [-0.39, 0.29) is 6.04 Å². The van der Waals surface area contributed by atoms with Gasteiger partial charge in [-0.1, -0.05) is 0 Å². The molecule has 2 rings (SSSR count). The first-order chi connectivity index (χ1) is 7.16. The zero-order valence-corrected chi connectivity index (χ0v) is 9.35. The lowest BCUT2D eigenvalue weighted by molar-refractivity contribution is -0.138. The van der Waals surface area contributed by atoms with E-state index in [4.69, 9.17) is 5.11 Å². The first-order valence-electron chi connectivity index (χ1n) is 5.83. The Hall–Kier alpha value is -0.610. The number of nitrogens with zero attached hydrogens (tertiary/aromatic N) is 2. The van der Waals surface area contributed by atoms with Crippen LogP contribution < -0.4 is 0 Å². The lowest BCUT2D eigenvalue weighted by Gasteiger charge is -2.29. The largest absolute Gasteiger partial charge is 0.481 e. The van der Waals surface area contributed by atoms with Gasteiger partial charge in [0.05, 0.1) is 6.42 Å². The van der Waals surface area contributed by atoms with Crippen LogP contribution in [0.5, 0.6) is 0 Å². The van der Waals surface area contributed by atoms with E-state index in [1.165, 1.54) is 19.3 Å². The highest BCUT2D eigenvalue weighted by atomic mass is 16.4. The van der Waals surface area contributed by atoms with Crippen LogP contribution in [0.1, 0.15) is 25.7 Å². The van der Waals surface area contributed by atoms with Gasteiger partial charge < -0.3 is 10.0 Å². The standard InChI is InChI=1S/C11H20N2O2/c1-12-5-2-6-13(9-3-4-9)10(8-12)7-11(14)15/h9-10H,2-8H2,1H3,(H,14,15). The van der Waals surface area contributed by atoms with Crippen molar-refractivity contribution in [2.45, 2.75) is 37.8 Å². The van der Waals surface area contributed by atoms with E-state index >= 15 is 0 Å². The molecular formula is C11H20N2O2.